The smallest absolute Gasteiger partial charge is 0.130 e. The van der Waals surface area contributed by atoms with Gasteiger partial charge in [-0.05, 0) is 19.3 Å². The maximum Gasteiger partial charge on any atom is 0.130 e. The van der Waals surface area contributed by atoms with Gasteiger partial charge in [0.05, 0.1) is 13.2 Å². The van der Waals surface area contributed by atoms with Crippen LogP contribution >= 0.6 is 0 Å². The first-order chi connectivity index (χ1) is 6.35. The molecule has 0 unspecified atom stereocenters. The molecule has 0 aliphatic heterocycles. The van der Waals surface area contributed by atoms with Crippen molar-refractivity contribution in [1.29, 1.82) is 0 Å². The standard InChI is InChI=1S/C11H22O2/c1-4-7-11(13-9-6-3)10-12-8-5-2/h10H,4-9H2,1-3H3/b11-10+. The van der Waals surface area contributed by atoms with Crippen molar-refractivity contribution in [2.45, 2.75) is 46.5 Å². The van der Waals surface area contributed by atoms with Gasteiger partial charge >= 0.3 is 0 Å². The summed E-state index contributed by atoms with van der Waals surface area (Å²) in [6.07, 6.45) is 5.94. The third-order valence-corrected chi connectivity index (χ3v) is 1.52. The summed E-state index contributed by atoms with van der Waals surface area (Å²) in [6.45, 7) is 7.92. The third kappa shape index (κ3) is 7.69. The zero-order chi connectivity index (χ0) is 9.94. The Labute approximate surface area is 81.9 Å². The van der Waals surface area contributed by atoms with Crippen molar-refractivity contribution in [3.63, 3.8) is 0 Å². The van der Waals surface area contributed by atoms with Gasteiger partial charge in [0.15, 0.2) is 0 Å². The van der Waals surface area contributed by atoms with Gasteiger partial charge in [0.1, 0.15) is 12.0 Å². The number of allylic oxidation sites excluding steroid dienone is 1. The molecule has 0 atom stereocenters. The summed E-state index contributed by atoms with van der Waals surface area (Å²) in [5.74, 6) is 0.984. The molecule has 0 aliphatic rings. The fourth-order valence-corrected chi connectivity index (χ4v) is 0.914. The largest absolute Gasteiger partial charge is 0.498 e. The molecule has 2 heteroatoms. The Kier molecular flexibility index (Phi) is 8.95. The van der Waals surface area contributed by atoms with Crippen LogP contribution in [0.2, 0.25) is 0 Å². The fourth-order valence-electron chi connectivity index (χ4n) is 0.914. The lowest BCUT2D eigenvalue weighted by Crippen LogP contribution is -1.96. The second-order valence-electron chi connectivity index (χ2n) is 3.05. The second kappa shape index (κ2) is 9.43. The van der Waals surface area contributed by atoms with Gasteiger partial charge in [0.2, 0.25) is 0 Å². The van der Waals surface area contributed by atoms with Crippen LogP contribution in [-0.2, 0) is 9.47 Å². The quantitative estimate of drug-likeness (QED) is 0.427. The normalized spacial score (nSPS) is 11.5. The zero-order valence-corrected chi connectivity index (χ0v) is 9.14. The van der Waals surface area contributed by atoms with Gasteiger partial charge in [-0.3, -0.25) is 0 Å². The van der Waals surface area contributed by atoms with Crippen LogP contribution in [-0.4, -0.2) is 13.2 Å². The van der Waals surface area contributed by atoms with E-state index in [9.17, 15) is 0 Å². The molecular formula is C11H22O2. The van der Waals surface area contributed by atoms with Crippen LogP contribution in [0.5, 0.6) is 0 Å². The first kappa shape index (κ1) is 12.3. The predicted molar refractivity (Wildman–Crippen MR) is 55.5 cm³/mol. The molecule has 0 fully saturated rings. The van der Waals surface area contributed by atoms with Gasteiger partial charge in [-0.15, -0.1) is 0 Å². The van der Waals surface area contributed by atoms with E-state index in [2.05, 4.69) is 20.8 Å². The van der Waals surface area contributed by atoms with E-state index in [1.165, 1.54) is 0 Å². The Bertz CT molecular complexity index is 130. The molecule has 0 bridgehead atoms. The predicted octanol–water partition coefficient (Wildman–Crippen LogP) is 3.48. The highest BCUT2D eigenvalue weighted by molar-refractivity contribution is 4.86. The molecule has 0 rings (SSSR count). The highest BCUT2D eigenvalue weighted by atomic mass is 16.5. The third-order valence-electron chi connectivity index (χ3n) is 1.52. The second-order valence-corrected chi connectivity index (χ2v) is 3.05. The average Bonchev–Trinajstić information content (AvgIpc) is 2.14. The topological polar surface area (TPSA) is 18.5 Å². The number of hydrogen-bond acceptors (Lipinski definition) is 2. The average molecular weight is 186 g/mol. The van der Waals surface area contributed by atoms with Crippen molar-refractivity contribution in [2.24, 2.45) is 0 Å². The van der Waals surface area contributed by atoms with Crippen molar-refractivity contribution >= 4 is 0 Å². The minimum atomic E-state index is 0.780. The maximum absolute atomic E-state index is 5.51. The van der Waals surface area contributed by atoms with Crippen LogP contribution in [0.15, 0.2) is 12.0 Å². The lowest BCUT2D eigenvalue weighted by molar-refractivity contribution is 0.168. The van der Waals surface area contributed by atoms with Crippen LogP contribution in [0.3, 0.4) is 0 Å². The summed E-state index contributed by atoms with van der Waals surface area (Å²) in [5, 5.41) is 0. The van der Waals surface area contributed by atoms with E-state index >= 15 is 0 Å². The van der Waals surface area contributed by atoms with E-state index in [1.54, 1.807) is 6.26 Å². The Balaban J connectivity index is 3.69. The lowest BCUT2D eigenvalue weighted by atomic mass is 10.3. The molecule has 78 valence electrons. The van der Waals surface area contributed by atoms with Crippen LogP contribution < -0.4 is 0 Å². The Morgan fingerprint density at radius 2 is 1.69 bits per heavy atom. The molecule has 0 aromatic carbocycles. The first-order valence-electron chi connectivity index (χ1n) is 5.28. The van der Waals surface area contributed by atoms with Crippen molar-refractivity contribution in [3.05, 3.63) is 12.0 Å². The minimum absolute atomic E-state index is 0.780. The molecule has 0 saturated carbocycles. The van der Waals surface area contributed by atoms with Gasteiger partial charge < -0.3 is 9.47 Å². The molecule has 0 saturated heterocycles. The Morgan fingerprint density at radius 3 is 2.23 bits per heavy atom. The lowest BCUT2D eigenvalue weighted by Gasteiger charge is -2.08. The van der Waals surface area contributed by atoms with E-state index < -0.39 is 0 Å². The summed E-state index contributed by atoms with van der Waals surface area (Å²) in [4.78, 5) is 0. The molecule has 0 N–H and O–H groups in total. The van der Waals surface area contributed by atoms with Crippen molar-refractivity contribution < 1.29 is 9.47 Å². The fraction of sp³-hybridized carbons (Fsp3) is 0.818. The van der Waals surface area contributed by atoms with E-state index in [1.807, 2.05) is 0 Å². The molecule has 2 nitrogen and oxygen atoms in total. The van der Waals surface area contributed by atoms with Gasteiger partial charge in [-0.1, -0.05) is 20.8 Å². The summed E-state index contributed by atoms with van der Waals surface area (Å²) in [5.41, 5.74) is 0. The first-order valence-corrected chi connectivity index (χ1v) is 5.28. The SMILES string of the molecule is CCCO/C=C(\CCC)OCCC. The molecule has 0 radical (unpaired) electrons. The van der Waals surface area contributed by atoms with Crippen molar-refractivity contribution in [1.82, 2.24) is 0 Å². The van der Waals surface area contributed by atoms with E-state index in [0.717, 1.165) is 44.7 Å². The van der Waals surface area contributed by atoms with Crippen molar-refractivity contribution in [2.75, 3.05) is 13.2 Å². The van der Waals surface area contributed by atoms with Crippen LogP contribution in [0.25, 0.3) is 0 Å². The Morgan fingerprint density at radius 1 is 1.00 bits per heavy atom. The summed E-state index contributed by atoms with van der Waals surface area (Å²) in [6, 6.07) is 0. The van der Waals surface area contributed by atoms with E-state index in [-0.39, 0.29) is 0 Å². The molecule has 0 heterocycles. The highest BCUT2D eigenvalue weighted by Gasteiger charge is 1.96. The van der Waals surface area contributed by atoms with E-state index in [0.29, 0.717) is 0 Å². The molecular weight excluding hydrogens is 164 g/mol. The number of ether oxygens (including phenoxy) is 2. The maximum atomic E-state index is 5.51. The zero-order valence-electron chi connectivity index (χ0n) is 9.14. The molecule has 13 heavy (non-hydrogen) atoms. The van der Waals surface area contributed by atoms with Crippen LogP contribution in [0, 0.1) is 0 Å². The minimum Gasteiger partial charge on any atom is -0.498 e. The Hall–Kier alpha value is -0.660. The highest BCUT2D eigenvalue weighted by Crippen LogP contribution is 2.07. The monoisotopic (exact) mass is 186 g/mol. The summed E-state index contributed by atoms with van der Waals surface area (Å²) >= 11 is 0. The molecule has 0 aromatic heterocycles. The van der Waals surface area contributed by atoms with Crippen LogP contribution in [0.4, 0.5) is 0 Å². The number of hydrogen-bond donors (Lipinski definition) is 0. The number of rotatable bonds is 8. The van der Waals surface area contributed by atoms with Gasteiger partial charge in [0, 0.05) is 6.42 Å². The van der Waals surface area contributed by atoms with Gasteiger partial charge in [-0.25, -0.2) is 0 Å². The van der Waals surface area contributed by atoms with E-state index in [4.69, 9.17) is 9.47 Å². The van der Waals surface area contributed by atoms with Gasteiger partial charge in [-0.2, -0.15) is 0 Å². The van der Waals surface area contributed by atoms with Crippen LogP contribution in [0.1, 0.15) is 46.5 Å². The molecule has 0 aromatic rings. The van der Waals surface area contributed by atoms with Gasteiger partial charge in [0.25, 0.3) is 0 Å². The summed E-state index contributed by atoms with van der Waals surface area (Å²) < 4.78 is 10.8. The molecule has 0 spiro atoms. The summed E-state index contributed by atoms with van der Waals surface area (Å²) in [7, 11) is 0. The molecule has 0 amide bonds. The van der Waals surface area contributed by atoms with Crippen molar-refractivity contribution in [3.8, 4) is 0 Å². The molecule has 0 aliphatic carbocycles.